The summed E-state index contributed by atoms with van der Waals surface area (Å²) in [4.78, 5) is 23.0. The molecule has 0 spiro atoms. The lowest BCUT2D eigenvalue weighted by Crippen LogP contribution is -2.42. The SMILES string of the molecule is Cc1cnc(NC2CCC(NC(=O)Nc3ccc(F)c(F)c3)CC2)nc1N(C)C. The van der Waals surface area contributed by atoms with Crippen molar-refractivity contribution in [2.45, 2.75) is 44.7 Å². The number of urea groups is 1. The zero-order chi connectivity index (χ0) is 21.0. The summed E-state index contributed by atoms with van der Waals surface area (Å²) in [5, 5.41) is 8.79. The Morgan fingerprint density at radius 2 is 1.79 bits per heavy atom. The molecule has 1 aromatic heterocycles. The molecule has 0 atom stereocenters. The van der Waals surface area contributed by atoms with Gasteiger partial charge < -0.3 is 20.9 Å². The Kier molecular flexibility index (Phi) is 6.46. The molecule has 29 heavy (non-hydrogen) atoms. The molecule has 1 aliphatic rings. The van der Waals surface area contributed by atoms with E-state index in [1.54, 1.807) is 6.20 Å². The molecule has 3 rings (SSSR count). The predicted molar refractivity (Wildman–Crippen MR) is 109 cm³/mol. The molecule has 3 N–H and O–H groups in total. The van der Waals surface area contributed by atoms with E-state index in [9.17, 15) is 13.6 Å². The number of hydrogen-bond donors (Lipinski definition) is 3. The van der Waals surface area contributed by atoms with Gasteiger partial charge in [-0.1, -0.05) is 0 Å². The number of anilines is 3. The number of carbonyl (C=O) groups excluding carboxylic acids is 1. The molecule has 1 heterocycles. The maximum absolute atomic E-state index is 13.2. The quantitative estimate of drug-likeness (QED) is 0.708. The lowest BCUT2D eigenvalue weighted by molar-refractivity contribution is 0.243. The molecule has 1 aliphatic carbocycles. The van der Waals surface area contributed by atoms with Gasteiger partial charge in [-0.15, -0.1) is 0 Å². The lowest BCUT2D eigenvalue weighted by atomic mass is 9.91. The Hall–Kier alpha value is -2.97. The standard InChI is InChI=1S/C20H26F2N6O/c1-12-11-23-19(27-18(12)28(2)3)24-13-4-6-14(7-5-13)25-20(29)26-15-8-9-16(21)17(22)10-15/h8-11,13-14H,4-7H2,1-3H3,(H,23,24,27)(H2,25,26,29). The molecule has 7 nitrogen and oxygen atoms in total. The highest BCUT2D eigenvalue weighted by Crippen LogP contribution is 2.23. The van der Waals surface area contributed by atoms with Gasteiger partial charge >= 0.3 is 6.03 Å². The summed E-state index contributed by atoms with van der Waals surface area (Å²) in [6, 6.07) is 3.10. The summed E-state index contributed by atoms with van der Waals surface area (Å²) in [6.45, 7) is 1.97. The minimum absolute atomic E-state index is 0.0228. The summed E-state index contributed by atoms with van der Waals surface area (Å²) >= 11 is 0. The second-order valence-corrected chi connectivity index (χ2v) is 7.51. The van der Waals surface area contributed by atoms with Crippen LogP contribution in [0, 0.1) is 18.6 Å². The minimum Gasteiger partial charge on any atom is -0.362 e. The van der Waals surface area contributed by atoms with E-state index >= 15 is 0 Å². The van der Waals surface area contributed by atoms with Gasteiger partial charge in [0.1, 0.15) is 5.82 Å². The van der Waals surface area contributed by atoms with E-state index in [1.165, 1.54) is 6.07 Å². The van der Waals surface area contributed by atoms with Crippen molar-refractivity contribution in [3.05, 3.63) is 41.6 Å². The maximum atomic E-state index is 13.2. The van der Waals surface area contributed by atoms with Gasteiger partial charge in [0.25, 0.3) is 0 Å². The van der Waals surface area contributed by atoms with Crippen molar-refractivity contribution in [3.63, 3.8) is 0 Å². The van der Waals surface area contributed by atoms with Gasteiger partial charge in [0.2, 0.25) is 5.95 Å². The molecule has 2 amide bonds. The van der Waals surface area contributed by atoms with Gasteiger partial charge in [-0.2, -0.15) is 4.98 Å². The van der Waals surface area contributed by atoms with Crippen molar-refractivity contribution < 1.29 is 13.6 Å². The van der Waals surface area contributed by atoms with Crippen LogP contribution in [-0.4, -0.2) is 42.2 Å². The Balaban J connectivity index is 1.47. The first-order chi connectivity index (χ1) is 13.8. The van der Waals surface area contributed by atoms with Gasteiger partial charge in [0.05, 0.1) is 0 Å². The second kappa shape index (κ2) is 9.02. The molecule has 0 radical (unpaired) electrons. The van der Waals surface area contributed by atoms with Crippen molar-refractivity contribution in [2.24, 2.45) is 0 Å². The van der Waals surface area contributed by atoms with Gasteiger partial charge in [-0.05, 0) is 44.7 Å². The number of carbonyl (C=O) groups is 1. The molecule has 0 saturated heterocycles. The van der Waals surface area contributed by atoms with E-state index in [0.29, 0.717) is 5.95 Å². The van der Waals surface area contributed by atoms with Crippen LogP contribution in [0.4, 0.5) is 31.0 Å². The van der Waals surface area contributed by atoms with Crippen LogP contribution in [0.5, 0.6) is 0 Å². The monoisotopic (exact) mass is 404 g/mol. The lowest BCUT2D eigenvalue weighted by Gasteiger charge is -2.30. The van der Waals surface area contributed by atoms with Crippen LogP contribution in [0.1, 0.15) is 31.2 Å². The third kappa shape index (κ3) is 5.52. The van der Waals surface area contributed by atoms with Crippen LogP contribution >= 0.6 is 0 Å². The third-order valence-corrected chi connectivity index (χ3v) is 4.94. The van der Waals surface area contributed by atoms with E-state index in [1.807, 2.05) is 25.9 Å². The fraction of sp³-hybridized carbons (Fsp3) is 0.450. The zero-order valence-electron chi connectivity index (χ0n) is 16.8. The van der Waals surface area contributed by atoms with Gasteiger partial charge in [-0.3, -0.25) is 0 Å². The second-order valence-electron chi connectivity index (χ2n) is 7.51. The van der Waals surface area contributed by atoms with Crippen LogP contribution in [0.3, 0.4) is 0 Å². The van der Waals surface area contributed by atoms with Crippen molar-refractivity contribution in [2.75, 3.05) is 29.6 Å². The van der Waals surface area contributed by atoms with Crippen LogP contribution in [0.25, 0.3) is 0 Å². The number of benzene rings is 1. The highest BCUT2D eigenvalue weighted by molar-refractivity contribution is 5.89. The van der Waals surface area contributed by atoms with Gasteiger partial charge in [-0.25, -0.2) is 18.6 Å². The smallest absolute Gasteiger partial charge is 0.319 e. The average molecular weight is 404 g/mol. The largest absolute Gasteiger partial charge is 0.362 e. The van der Waals surface area contributed by atoms with Crippen molar-refractivity contribution in [3.8, 4) is 0 Å². The Bertz CT molecular complexity index is 868. The van der Waals surface area contributed by atoms with E-state index in [-0.39, 0.29) is 17.8 Å². The minimum atomic E-state index is -0.995. The molecule has 0 bridgehead atoms. The summed E-state index contributed by atoms with van der Waals surface area (Å²) in [5.41, 5.74) is 1.23. The molecule has 9 heteroatoms. The fourth-order valence-corrected chi connectivity index (χ4v) is 3.45. The molecule has 1 saturated carbocycles. The number of hydrogen-bond acceptors (Lipinski definition) is 5. The first-order valence-electron chi connectivity index (χ1n) is 9.62. The number of aromatic nitrogens is 2. The summed E-state index contributed by atoms with van der Waals surface area (Å²) in [7, 11) is 3.89. The molecule has 156 valence electrons. The number of amides is 2. The van der Waals surface area contributed by atoms with Crippen LogP contribution < -0.4 is 20.9 Å². The highest BCUT2D eigenvalue weighted by Gasteiger charge is 2.23. The van der Waals surface area contributed by atoms with Crippen LogP contribution in [0.15, 0.2) is 24.4 Å². The topological polar surface area (TPSA) is 82.2 Å². The average Bonchev–Trinajstić information content (AvgIpc) is 2.67. The van der Waals surface area contributed by atoms with E-state index in [4.69, 9.17) is 0 Å². The molecule has 1 aromatic carbocycles. The van der Waals surface area contributed by atoms with Gasteiger partial charge in [0, 0.05) is 49.7 Å². The first kappa shape index (κ1) is 20.8. The van der Waals surface area contributed by atoms with E-state index < -0.39 is 17.7 Å². The Morgan fingerprint density at radius 3 is 2.45 bits per heavy atom. The molecule has 0 aliphatic heterocycles. The van der Waals surface area contributed by atoms with Crippen LogP contribution in [0.2, 0.25) is 0 Å². The molecule has 0 unspecified atom stereocenters. The number of rotatable bonds is 5. The molecular weight excluding hydrogens is 378 g/mol. The van der Waals surface area contributed by atoms with Crippen molar-refractivity contribution in [1.29, 1.82) is 0 Å². The summed E-state index contributed by atoms with van der Waals surface area (Å²) in [5.74, 6) is -0.458. The van der Waals surface area contributed by atoms with Gasteiger partial charge in [0.15, 0.2) is 11.6 Å². The number of halogens is 2. The van der Waals surface area contributed by atoms with E-state index in [2.05, 4.69) is 25.9 Å². The van der Waals surface area contributed by atoms with E-state index in [0.717, 1.165) is 49.2 Å². The zero-order valence-corrected chi connectivity index (χ0v) is 16.8. The number of nitrogens with one attached hydrogen (secondary N) is 3. The first-order valence-corrected chi connectivity index (χ1v) is 9.62. The Morgan fingerprint density at radius 1 is 1.10 bits per heavy atom. The molecular formula is C20H26F2N6O. The fourth-order valence-electron chi connectivity index (χ4n) is 3.45. The summed E-state index contributed by atoms with van der Waals surface area (Å²) in [6.07, 6.45) is 5.14. The normalized spacial score (nSPS) is 18.8. The summed E-state index contributed by atoms with van der Waals surface area (Å²) < 4.78 is 26.2. The Labute approximate surface area is 168 Å². The molecule has 2 aromatic rings. The number of aryl methyl sites for hydroxylation is 1. The predicted octanol–water partition coefficient (Wildman–Crippen LogP) is 3.67. The van der Waals surface area contributed by atoms with Crippen LogP contribution in [-0.2, 0) is 0 Å². The molecule has 1 fully saturated rings. The third-order valence-electron chi connectivity index (χ3n) is 4.94. The number of nitrogens with zero attached hydrogens (tertiary/aromatic N) is 3. The highest BCUT2D eigenvalue weighted by atomic mass is 19.2. The van der Waals surface area contributed by atoms with Crippen molar-refractivity contribution >= 4 is 23.5 Å². The maximum Gasteiger partial charge on any atom is 0.319 e. The van der Waals surface area contributed by atoms with Crippen molar-refractivity contribution in [1.82, 2.24) is 15.3 Å².